The molecule has 2 saturated heterocycles. The highest BCUT2D eigenvalue weighted by atomic mass is 32.2. The first-order chi connectivity index (χ1) is 14.9. The zero-order valence-electron chi connectivity index (χ0n) is 18.1. The van der Waals surface area contributed by atoms with E-state index in [1.165, 1.54) is 29.1 Å². The van der Waals surface area contributed by atoms with Gasteiger partial charge in [0.15, 0.2) is 0 Å². The number of likely N-dealkylation sites (tertiary alicyclic amines) is 1. The van der Waals surface area contributed by atoms with Crippen LogP contribution in [0.25, 0.3) is 0 Å². The van der Waals surface area contributed by atoms with Gasteiger partial charge < -0.3 is 5.32 Å². The van der Waals surface area contributed by atoms with Gasteiger partial charge in [-0.1, -0.05) is 36.8 Å². The standard InChI is InChI=1S/C24H31N3O3S/c1-19-6-2-3-13-26(19)18-21-11-9-20(10-12-21)17-25-24(28)22-7-4-8-23(16-22)27-14-5-15-31(27,29)30/h4,7-12,16,19H,2-3,5-6,13-15,17-18H2,1H3,(H,25,28). The molecule has 2 aromatic rings. The Hall–Kier alpha value is -2.38. The molecule has 2 heterocycles. The van der Waals surface area contributed by atoms with E-state index in [9.17, 15) is 13.2 Å². The molecule has 1 amide bonds. The van der Waals surface area contributed by atoms with Gasteiger partial charge in [-0.25, -0.2) is 8.42 Å². The lowest BCUT2D eigenvalue weighted by Crippen LogP contribution is -2.36. The van der Waals surface area contributed by atoms with E-state index < -0.39 is 10.0 Å². The van der Waals surface area contributed by atoms with Crippen molar-refractivity contribution in [1.82, 2.24) is 10.2 Å². The highest BCUT2D eigenvalue weighted by Crippen LogP contribution is 2.25. The van der Waals surface area contributed by atoms with Crippen molar-refractivity contribution in [2.75, 3.05) is 23.1 Å². The predicted octanol–water partition coefficient (Wildman–Crippen LogP) is 3.53. The second-order valence-electron chi connectivity index (χ2n) is 8.61. The van der Waals surface area contributed by atoms with Gasteiger partial charge in [-0.05, 0) is 62.1 Å². The van der Waals surface area contributed by atoms with E-state index in [0.29, 0.717) is 36.8 Å². The van der Waals surface area contributed by atoms with Crippen LogP contribution in [0.4, 0.5) is 5.69 Å². The maximum absolute atomic E-state index is 12.6. The molecule has 1 N–H and O–H groups in total. The van der Waals surface area contributed by atoms with Gasteiger partial charge in [0.1, 0.15) is 0 Å². The molecular weight excluding hydrogens is 410 g/mol. The van der Waals surface area contributed by atoms with Gasteiger partial charge >= 0.3 is 0 Å². The van der Waals surface area contributed by atoms with E-state index in [1.54, 1.807) is 24.3 Å². The minimum absolute atomic E-state index is 0.163. The van der Waals surface area contributed by atoms with Crippen molar-refractivity contribution in [2.45, 2.75) is 51.7 Å². The van der Waals surface area contributed by atoms with E-state index in [2.05, 4.69) is 41.4 Å². The van der Waals surface area contributed by atoms with E-state index in [4.69, 9.17) is 0 Å². The Kier molecular flexibility index (Phi) is 6.62. The molecule has 0 aliphatic carbocycles. The fourth-order valence-corrected chi connectivity index (χ4v) is 5.96. The Balaban J connectivity index is 1.34. The summed E-state index contributed by atoms with van der Waals surface area (Å²) in [7, 11) is -3.26. The molecule has 0 radical (unpaired) electrons. The van der Waals surface area contributed by atoms with Gasteiger partial charge in [-0.15, -0.1) is 0 Å². The number of carbonyl (C=O) groups is 1. The average molecular weight is 442 g/mol. The number of nitrogens with one attached hydrogen (secondary N) is 1. The van der Waals surface area contributed by atoms with Crippen molar-refractivity contribution in [2.24, 2.45) is 0 Å². The number of hydrogen-bond acceptors (Lipinski definition) is 4. The smallest absolute Gasteiger partial charge is 0.251 e. The molecule has 0 aromatic heterocycles. The molecule has 0 saturated carbocycles. The Morgan fingerprint density at radius 3 is 2.52 bits per heavy atom. The minimum atomic E-state index is -3.26. The molecule has 0 bridgehead atoms. The first-order valence-electron chi connectivity index (χ1n) is 11.1. The largest absolute Gasteiger partial charge is 0.348 e. The maximum Gasteiger partial charge on any atom is 0.251 e. The van der Waals surface area contributed by atoms with Gasteiger partial charge in [-0.3, -0.25) is 14.0 Å². The summed E-state index contributed by atoms with van der Waals surface area (Å²) in [4.78, 5) is 15.2. The Bertz CT molecular complexity index is 1020. The van der Waals surface area contributed by atoms with Crippen molar-refractivity contribution < 1.29 is 13.2 Å². The molecular formula is C24H31N3O3S. The van der Waals surface area contributed by atoms with Gasteiger partial charge in [0.05, 0.1) is 11.4 Å². The number of piperidine rings is 1. The normalized spacial score (nSPS) is 21.2. The number of hydrogen-bond donors (Lipinski definition) is 1. The van der Waals surface area contributed by atoms with Gasteiger partial charge in [-0.2, -0.15) is 0 Å². The third-order valence-electron chi connectivity index (χ3n) is 6.30. The fourth-order valence-electron chi connectivity index (χ4n) is 4.41. The summed E-state index contributed by atoms with van der Waals surface area (Å²) < 4.78 is 25.7. The third-order valence-corrected chi connectivity index (χ3v) is 8.17. The summed E-state index contributed by atoms with van der Waals surface area (Å²) in [5, 5.41) is 2.94. The lowest BCUT2D eigenvalue weighted by Gasteiger charge is -2.33. The topological polar surface area (TPSA) is 69.7 Å². The molecule has 166 valence electrons. The third kappa shape index (κ3) is 5.28. The van der Waals surface area contributed by atoms with E-state index in [1.807, 2.05) is 0 Å². The molecule has 7 heteroatoms. The van der Waals surface area contributed by atoms with Crippen molar-refractivity contribution in [3.8, 4) is 0 Å². The zero-order valence-corrected chi connectivity index (χ0v) is 18.9. The maximum atomic E-state index is 12.6. The second-order valence-corrected chi connectivity index (χ2v) is 10.6. The quantitative estimate of drug-likeness (QED) is 0.745. The molecule has 2 aromatic carbocycles. The van der Waals surface area contributed by atoms with Crippen LogP contribution in [0.3, 0.4) is 0 Å². The first kappa shape index (κ1) is 21.8. The minimum Gasteiger partial charge on any atom is -0.348 e. The number of rotatable bonds is 6. The van der Waals surface area contributed by atoms with Crippen LogP contribution in [0.2, 0.25) is 0 Å². The number of nitrogens with zero attached hydrogens (tertiary/aromatic N) is 2. The van der Waals surface area contributed by atoms with Gasteiger partial charge in [0, 0.05) is 31.2 Å². The molecule has 4 rings (SSSR count). The predicted molar refractivity (Wildman–Crippen MR) is 124 cm³/mol. The van der Waals surface area contributed by atoms with Crippen LogP contribution >= 0.6 is 0 Å². The van der Waals surface area contributed by atoms with Crippen molar-refractivity contribution in [1.29, 1.82) is 0 Å². The molecule has 6 nitrogen and oxygen atoms in total. The summed E-state index contributed by atoms with van der Waals surface area (Å²) in [6.07, 6.45) is 4.49. The van der Waals surface area contributed by atoms with Crippen molar-refractivity contribution >= 4 is 21.6 Å². The average Bonchev–Trinajstić information content (AvgIpc) is 3.13. The second kappa shape index (κ2) is 9.40. The van der Waals surface area contributed by atoms with Crippen LogP contribution in [0.5, 0.6) is 0 Å². The molecule has 2 fully saturated rings. The molecule has 1 atom stereocenters. The summed E-state index contributed by atoms with van der Waals surface area (Å²) >= 11 is 0. The van der Waals surface area contributed by atoms with Crippen LogP contribution in [0.1, 0.15) is 54.1 Å². The van der Waals surface area contributed by atoms with E-state index in [0.717, 1.165) is 18.7 Å². The number of benzene rings is 2. The lowest BCUT2D eigenvalue weighted by atomic mass is 10.0. The van der Waals surface area contributed by atoms with Crippen LogP contribution in [-0.4, -0.2) is 44.1 Å². The fraction of sp³-hybridized carbons (Fsp3) is 0.458. The summed E-state index contributed by atoms with van der Waals surface area (Å²) in [6.45, 7) is 5.34. The van der Waals surface area contributed by atoms with Crippen LogP contribution in [0.15, 0.2) is 48.5 Å². The van der Waals surface area contributed by atoms with Crippen molar-refractivity contribution in [3.05, 3.63) is 65.2 Å². The summed E-state index contributed by atoms with van der Waals surface area (Å²) in [5.74, 6) is -0.0412. The highest BCUT2D eigenvalue weighted by molar-refractivity contribution is 7.93. The van der Waals surface area contributed by atoms with Crippen LogP contribution in [0, 0.1) is 0 Å². The van der Waals surface area contributed by atoms with Gasteiger partial charge in [0.25, 0.3) is 5.91 Å². The number of amides is 1. The van der Waals surface area contributed by atoms with E-state index >= 15 is 0 Å². The van der Waals surface area contributed by atoms with Gasteiger partial charge in [0.2, 0.25) is 10.0 Å². The number of anilines is 1. The molecule has 2 aliphatic rings. The molecule has 1 unspecified atom stereocenters. The zero-order chi connectivity index (χ0) is 21.8. The Morgan fingerprint density at radius 2 is 1.81 bits per heavy atom. The number of carbonyl (C=O) groups excluding carboxylic acids is 1. The van der Waals surface area contributed by atoms with Crippen molar-refractivity contribution in [3.63, 3.8) is 0 Å². The van der Waals surface area contributed by atoms with Crippen LogP contribution < -0.4 is 9.62 Å². The van der Waals surface area contributed by atoms with E-state index in [-0.39, 0.29) is 11.7 Å². The monoisotopic (exact) mass is 441 g/mol. The molecule has 2 aliphatic heterocycles. The lowest BCUT2D eigenvalue weighted by molar-refractivity contribution is 0.0951. The highest BCUT2D eigenvalue weighted by Gasteiger charge is 2.28. The summed E-state index contributed by atoms with van der Waals surface area (Å²) in [5.41, 5.74) is 3.36. The van der Waals surface area contributed by atoms with Crippen LogP contribution in [-0.2, 0) is 23.1 Å². The summed E-state index contributed by atoms with van der Waals surface area (Å²) in [6, 6.07) is 15.9. The molecule has 31 heavy (non-hydrogen) atoms. The SMILES string of the molecule is CC1CCCCN1Cc1ccc(CNC(=O)c2cccc(N3CCCS3(=O)=O)c2)cc1. The first-order valence-corrected chi connectivity index (χ1v) is 12.7. The Morgan fingerprint density at radius 1 is 1.03 bits per heavy atom. The number of sulfonamides is 1. The Labute approximate surface area is 185 Å². The molecule has 0 spiro atoms.